The Balaban J connectivity index is 1.83. The first-order chi connectivity index (χ1) is 12.4. The molecule has 2 aliphatic heterocycles. The summed E-state index contributed by atoms with van der Waals surface area (Å²) in [5, 5.41) is 12.5. The summed E-state index contributed by atoms with van der Waals surface area (Å²) in [4.78, 5) is 38.7. The fourth-order valence-corrected chi connectivity index (χ4v) is 3.92. The number of benzene rings is 2. The van der Waals surface area contributed by atoms with Crippen LogP contribution in [0.1, 0.15) is 44.7 Å². The minimum absolute atomic E-state index is 0.166. The molecule has 7 heteroatoms. The van der Waals surface area contributed by atoms with Crippen LogP contribution in [0.25, 0.3) is 0 Å². The summed E-state index contributed by atoms with van der Waals surface area (Å²) in [6.45, 7) is 2.08. The van der Waals surface area contributed by atoms with E-state index in [9.17, 15) is 19.5 Å². The van der Waals surface area contributed by atoms with Crippen molar-refractivity contribution in [1.82, 2.24) is 4.90 Å². The molecule has 26 heavy (non-hydrogen) atoms. The van der Waals surface area contributed by atoms with E-state index < -0.39 is 12.0 Å². The molecule has 0 aliphatic carbocycles. The van der Waals surface area contributed by atoms with Crippen LogP contribution >= 0.6 is 11.6 Å². The zero-order valence-corrected chi connectivity index (χ0v) is 14.6. The topological polar surface area (TPSA) is 86.7 Å². The summed E-state index contributed by atoms with van der Waals surface area (Å²) in [6.07, 6.45) is 0. The number of hydrogen-bond acceptors (Lipinski definition) is 3. The van der Waals surface area contributed by atoms with E-state index in [1.165, 1.54) is 6.07 Å². The van der Waals surface area contributed by atoms with Crippen molar-refractivity contribution in [3.8, 4) is 0 Å². The van der Waals surface area contributed by atoms with Crippen LogP contribution < -0.4 is 5.32 Å². The highest BCUT2D eigenvalue weighted by atomic mass is 35.5. The second-order valence-electron chi connectivity index (χ2n) is 6.56. The molecule has 2 heterocycles. The van der Waals surface area contributed by atoms with E-state index in [0.717, 1.165) is 11.1 Å². The van der Waals surface area contributed by atoms with Crippen LogP contribution in [0, 0.1) is 0 Å². The third kappa shape index (κ3) is 2.45. The summed E-state index contributed by atoms with van der Waals surface area (Å²) in [7, 11) is 0. The van der Waals surface area contributed by atoms with E-state index in [1.807, 2.05) is 6.92 Å². The number of carbonyl (C=O) groups is 3. The Kier molecular flexibility index (Phi) is 3.73. The fraction of sp³-hybridized carbons (Fsp3) is 0.211. The molecule has 132 valence electrons. The lowest BCUT2D eigenvalue weighted by atomic mass is 9.83. The molecule has 0 aromatic heterocycles. The number of hydrogen-bond donors (Lipinski definition) is 2. The summed E-state index contributed by atoms with van der Waals surface area (Å²) in [5.74, 6) is -1.92. The van der Waals surface area contributed by atoms with Crippen LogP contribution in [-0.4, -0.2) is 33.8 Å². The second kappa shape index (κ2) is 5.85. The quantitative estimate of drug-likeness (QED) is 0.807. The van der Waals surface area contributed by atoms with Crippen LogP contribution in [-0.2, 0) is 11.3 Å². The van der Waals surface area contributed by atoms with Gasteiger partial charge in [-0.25, -0.2) is 4.79 Å². The van der Waals surface area contributed by atoms with Gasteiger partial charge in [-0.15, -0.1) is 0 Å². The Morgan fingerprint density at radius 2 is 2.00 bits per heavy atom. The SMILES string of the molecule is CC1c2cc(C(=O)O)ccc2CN2C(=O)c3ccc(Cl)cc3NC(=O)[C@@H]12. The van der Waals surface area contributed by atoms with E-state index in [1.54, 1.807) is 35.2 Å². The number of halogens is 1. The minimum atomic E-state index is -1.02. The first-order valence-electron chi connectivity index (χ1n) is 8.14. The lowest BCUT2D eigenvalue weighted by molar-refractivity contribution is -0.121. The van der Waals surface area contributed by atoms with E-state index in [4.69, 9.17) is 11.6 Å². The molecule has 0 spiro atoms. The van der Waals surface area contributed by atoms with Crippen LogP contribution in [0.15, 0.2) is 36.4 Å². The van der Waals surface area contributed by atoms with Gasteiger partial charge in [0.2, 0.25) is 5.91 Å². The van der Waals surface area contributed by atoms with Crippen molar-refractivity contribution in [2.24, 2.45) is 0 Å². The van der Waals surface area contributed by atoms with Gasteiger partial charge in [0.15, 0.2) is 0 Å². The molecular weight excluding hydrogens is 356 g/mol. The molecule has 0 fully saturated rings. The van der Waals surface area contributed by atoms with Crippen molar-refractivity contribution in [2.75, 3.05) is 5.32 Å². The molecule has 4 rings (SSSR count). The number of carboxylic acids is 1. The van der Waals surface area contributed by atoms with Crippen LogP contribution in [0.4, 0.5) is 5.69 Å². The maximum absolute atomic E-state index is 13.1. The van der Waals surface area contributed by atoms with E-state index in [2.05, 4.69) is 5.32 Å². The maximum Gasteiger partial charge on any atom is 0.335 e. The monoisotopic (exact) mass is 370 g/mol. The fourth-order valence-electron chi connectivity index (χ4n) is 3.75. The molecule has 0 radical (unpaired) electrons. The van der Waals surface area contributed by atoms with Crippen molar-refractivity contribution in [2.45, 2.75) is 25.4 Å². The number of nitrogens with zero attached hydrogens (tertiary/aromatic N) is 1. The normalized spacial score (nSPS) is 21.2. The number of carboxylic acid groups (broad SMARTS) is 1. The van der Waals surface area contributed by atoms with Crippen LogP contribution in [0.3, 0.4) is 0 Å². The Labute approximate surface area is 154 Å². The Morgan fingerprint density at radius 3 is 2.73 bits per heavy atom. The first-order valence-corrected chi connectivity index (χ1v) is 8.52. The average Bonchev–Trinajstić information content (AvgIpc) is 2.69. The van der Waals surface area contributed by atoms with Crippen molar-refractivity contribution >= 4 is 35.1 Å². The third-order valence-electron chi connectivity index (χ3n) is 5.03. The second-order valence-corrected chi connectivity index (χ2v) is 7.00. The van der Waals surface area contributed by atoms with Gasteiger partial charge in [-0.2, -0.15) is 0 Å². The van der Waals surface area contributed by atoms with Crippen molar-refractivity contribution < 1.29 is 19.5 Å². The number of nitrogens with one attached hydrogen (secondary N) is 1. The minimum Gasteiger partial charge on any atom is -0.478 e. The first kappa shape index (κ1) is 16.6. The van der Waals surface area contributed by atoms with Crippen LogP contribution in [0.5, 0.6) is 0 Å². The number of anilines is 1. The van der Waals surface area contributed by atoms with Crippen molar-refractivity contribution in [1.29, 1.82) is 0 Å². The van der Waals surface area contributed by atoms with E-state index in [-0.39, 0.29) is 29.8 Å². The van der Waals surface area contributed by atoms with Gasteiger partial charge in [-0.3, -0.25) is 9.59 Å². The number of carbonyl (C=O) groups excluding carboxylic acids is 2. The number of fused-ring (bicyclic) bond motifs is 3. The number of amides is 2. The molecule has 6 nitrogen and oxygen atoms in total. The molecule has 0 saturated heterocycles. The van der Waals surface area contributed by atoms with E-state index in [0.29, 0.717) is 16.3 Å². The average molecular weight is 371 g/mol. The summed E-state index contributed by atoms with van der Waals surface area (Å²) >= 11 is 6.00. The molecule has 2 aromatic carbocycles. The van der Waals surface area contributed by atoms with Gasteiger partial charge < -0.3 is 15.3 Å². The van der Waals surface area contributed by atoms with Gasteiger partial charge in [0.1, 0.15) is 6.04 Å². The Morgan fingerprint density at radius 1 is 1.23 bits per heavy atom. The molecule has 2 aliphatic rings. The molecule has 2 N–H and O–H groups in total. The van der Waals surface area contributed by atoms with Gasteiger partial charge in [-0.05, 0) is 41.5 Å². The number of aromatic carboxylic acids is 1. The van der Waals surface area contributed by atoms with Gasteiger partial charge in [0, 0.05) is 17.5 Å². The lowest BCUT2D eigenvalue weighted by Crippen LogP contribution is -2.50. The zero-order chi connectivity index (χ0) is 18.6. The molecule has 2 atom stereocenters. The third-order valence-corrected chi connectivity index (χ3v) is 5.27. The number of rotatable bonds is 1. The molecule has 0 bridgehead atoms. The van der Waals surface area contributed by atoms with Gasteiger partial charge in [0.25, 0.3) is 5.91 Å². The zero-order valence-electron chi connectivity index (χ0n) is 13.8. The van der Waals surface area contributed by atoms with Gasteiger partial charge in [0.05, 0.1) is 16.8 Å². The molecule has 0 saturated carbocycles. The lowest BCUT2D eigenvalue weighted by Gasteiger charge is -2.39. The van der Waals surface area contributed by atoms with Crippen molar-refractivity contribution in [3.63, 3.8) is 0 Å². The molecule has 2 aromatic rings. The predicted molar refractivity (Wildman–Crippen MR) is 95.6 cm³/mol. The standard InChI is InChI=1S/C19H15ClN2O4/c1-9-14-6-10(19(25)26)2-3-11(14)8-22-16(9)17(23)21-15-7-12(20)4-5-13(15)18(22)24/h2-7,9,16H,8H2,1H3,(H,21,23)(H,25,26)/t9?,16-/m1/s1. The van der Waals surface area contributed by atoms with Crippen molar-refractivity contribution in [3.05, 3.63) is 63.7 Å². The van der Waals surface area contributed by atoms with E-state index >= 15 is 0 Å². The molecule has 2 amide bonds. The molecular formula is C19H15ClN2O4. The maximum atomic E-state index is 13.1. The highest BCUT2D eigenvalue weighted by Crippen LogP contribution is 2.38. The Bertz CT molecular complexity index is 972. The smallest absolute Gasteiger partial charge is 0.335 e. The van der Waals surface area contributed by atoms with Gasteiger partial charge >= 0.3 is 5.97 Å². The highest BCUT2D eigenvalue weighted by Gasteiger charge is 2.43. The summed E-state index contributed by atoms with van der Waals surface area (Å²) in [6, 6.07) is 8.89. The molecule has 1 unspecified atom stereocenters. The summed E-state index contributed by atoms with van der Waals surface area (Å²) < 4.78 is 0. The highest BCUT2D eigenvalue weighted by molar-refractivity contribution is 6.31. The summed E-state index contributed by atoms with van der Waals surface area (Å²) in [5.41, 5.74) is 2.57. The largest absolute Gasteiger partial charge is 0.478 e. The predicted octanol–water partition coefficient (Wildman–Crippen LogP) is 3.12. The van der Waals surface area contributed by atoms with Gasteiger partial charge in [-0.1, -0.05) is 24.6 Å². The Hall–Kier alpha value is -2.86. The van der Waals surface area contributed by atoms with Crippen LogP contribution in [0.2, 0.25) is 5.02 Å².